The fraction of sp³-hybridized carbons (Fsp3) is 0.158. The van der Waals surface area contributed by atoms with E-state index in [9.17, 15) is 13.2 Å². The highest BCUT2D eigenvalue weighted by molar-refractivity contribution is 5.68. The van der Waals surface area contributed by atoms with Crippen LogP contribution >= 0.6 is 0 Å². The van der Waals surface area contributed by atoms with Gasteiger partial charge in [0.2, 0.25) is 5.82 Å². The molecule has 0 fully saturated rings. The molecule has 0 aliphatic rings. The first-order valence-corrected chi connectivity index (χ1v) is 8.50. The molecule has 0 saturated heterocycles. The average molecular weight is 404 g/mol. The zero-order valence-electron chi connectivity index (χ0n) is 15.7. The van der Waals surface area contributed by atoms with Crippen molar-refractivity contribution < 1.29 is 17.7 Å². The lowest BCUT2D eigenvalue weighted by molar-refractivity contribution is 0.404. The van der Waals surface area contributed by atoms with Gasteiger partial charge >= 0.3 is 0 Å². The zero-order chi connectivity index (χ0) is 21.1. The highest BCUT2D eigenvalue weighted by Crippen LogP contribution is 2.26. The van der Waals surface area contributed by atoms with E-state index in [0.29, 0.717) is 0 Å². The van der Waals surface area contributed by atoms with Crippen molar-refractivity contribution in [2.75, 3.05) is 25.6 Å². The van der Waals surface area contributed by atoms with Crippen LogP contribution in [0.15, 0.2) is 52.7 Å². The molecule has 0 amide bonds. The maximum Gasteiger partial charge on any atom is 0.276 e. The number of nitrogens with zero attached hydrogens (tertiary/aromatic N) is 4. The van der Waals surface area contributed by atoms with Crippen LogP contribution in [0.25, 0.3) is 17.1 Å². The van der Waals surface area contributed by atoms with Gasteiger partial charge in [-0.2, -0.15) is 4.98 Å². The Morgan fingerprint density at radius 3 is 2.48 bits per heavy atom. The van der Waals surface area contributed by atoms with E-state index in [1.54, 1.807) is 25.1 Å². The number of benzene rings is 2. The quantitative estimate of drug-likeness (QED) is 0.482. The molecule has 0 unspecified atom stereocenters. The molecule has 0 aliphatic carbocycles. The summed E-state index contributed by atoms with van der Waals surface area (Å²) in [5, 5.41) is 4.75. The molecule has 0 spiro atoms. The van der Waals surface area contributed by atoms with Crippen LogP contribution in [0.5, 0.6) is 0 Å². The molecule has 0 atom stereocenters. The van der Waals surface area contributed by atoms with E-state index in [2.05, 4.69) is 10.1 Å². The summed E-state index contributed by atoms with van der Waals surface area (Å²) in [5.74, 6) is 3.85. The molecule has 1 heterocycles. The smallest absolute Gasteiger partial charge is 0.276 e. The van der Waals surface area contributed by atoms with Crippen LogP contribution < -0.4 is 16.6 Å². The first kappa shape index (κ1) is 20.4. The number of hydrogen-bond donors (Lipinski definition) is 2. The predicted molar refractivity (Wildman–Crippen MR) is 102 cm³/mol. The number of nitrogens with two attached hydrogens (primary N) is 2. The van der Waals surface area contributed by atoms with Gasteiger partial charge in [0.15, 0.2) is 0 Å². The highest BCUT2D eigenvalue weighted by atomic mass is 19.1. The molecule has 10 heteroatoms. The van der Waals surface area contributed by atoms with Crippen LogP contribution in [-0.2, 0) is 0 Å². The molecule has 1 aromatic heterocycles. The van der Waals surface area contributed by atoms with Crippen LogP contribution in [0.1, 0.15) is 5.89 Å². The summed E-state index contributed by atoms with van der Waals surface area (Å²) in [7, 11) is 3.54. The highest BCUT2D eigenvalue weighted by Gasteiger charge is 2.22. The first-order chi connectivity index (χ1) is 13.8. The minimum Gasteiger partial charge on any atom is -0.393 e. The van der Waals surface area contributed by atoms with Gasteiger partial charge < -0.3 is 15.2 Å². The van der Waals surface area contributed by atoms with Gasteiger partial charge in [-0.05, 0) is 44.4 Å². The second kappa shape index (κ2) is 8.33. The number of halogens is 3. The van der Waals surface area contributed by atoms with Crippen LogP contribution in [0, 0.1) is 17.5 Å². The lowest BCUT2D eigenvalue weighted by Crippen LogP contribution is -2.37. The SMILES string of the molecule is CN(C)C/C(=C(/N)c1nc(-c2cc(F)ccc2F)no1)N(N)c1ccccc1F. The van der Waals surface area contributed by atoms with Crippen molar-refractivity contribution in [2.24, 2.45) is 11.6 Å². The van der Waals surface area contributed by atoms with Gasteiger partial charge in [0.1, 0.15) is 23.1 Å². The molecule has 152 valence electrons. The number of hydrogen-bond acceptors (Lipinski definition) is 7. The van der Waals surface area contributed by atoms with Crippen molar-refractivity contribution in [3.63, 3.8) is 0 Å². The second-order valence-electron chi connectivity index (χ2n) is 6.47. The van der Waals surface area contributed by atoms with E-state index in [-0.39, 0.29) is 40.9 Å². The largest absolute Gasteiger partial charge is 0.393 e. The monoisotopic (exact) mass is 404 g/mol. The molecule has 0 aliphatic heterocycles. The summed E-state index contributed by atoms with van der Waals surface area (Å²) in [6, 6.07) is 8.78. The molecule has 3 rings (SSSR count). The van der Waals surface area contributed by atoms with Gasteiger partial charge in [0.25, 0.3) is 5.89 Å². The summed E-state index contributed by atoms with van der Waals surface area (Å²) in [5.41, 5.74) is 6.33. The molecular formula is C19H19F3N6O. The molecule has 3 aromatic rings. The Bertz CT molecular complexity index is 1050. The van der Waals surface area contributed by atoms with Gasteiger partial charge in [-0.3, -0.25) is 5.01 Å². The average Bonchev–Trinajstić information content (AvgIpc) is 3.17. The van der Waals surface area contributed by atoms with Crippen molar-refractivity contribution >= 4 is 11.4 Å². The standard InChI is InChI=1S/C19H19F3N6O/c1-27(2)10-16(28(24)15-6-4-3-5-14(15)22)17(23)19-25-18(26-29-19)12-9-11(20)7-8-13(12)21/h3-9H,10,23-24H2,1-2H3/b17-16-. The number of hydrazine groups is 1. The third-order valence-electron chi connectivity index (χ3n) is 4.01. The summed E-state index contributed by atoms with van der Waals surface area (Å²) >= 11 is 0. The van der Waals surface area contributed by atoms with Crippen LogP contribution in [0.4, 0.5) is 18.9 Å². The van der Waals surface area contributed by atoms with Crippen LogP contribution in [-0.4, -0.2) is 35.7 Å². The molecule has 7 nitrogen and oxygen atoms in total. The topological polar surface area (TPSA) is 97.4 Å². The fourth-order valence-electron chi connectivity index (χ4n) is 2.62. The normalized spacial score (nSPS) is 12.2. The Labute approximate surface area is 165 Å². The van der Waals surface area contributed by atoms with Crippen molar-refractivity contribution in [3.8, 4) is 11.4 Å². The minimum absolute atomic E-state index is 0.0278. The van der Waals surface area contributed by atoms with Crippen molar-refractivity contribution in [1.82, 2.24) is 15.0 Å². The van der Waals surface area contributed by atoms with Crippen molar-refractivity contribution in [3.05, 3.63) is 71.5 Å². The summed E-state index contributed by atoms with van der Waals surface area (Å²) < 4.78 is 46.7. The number of likely N-dealkylation sites (N-methyl/N-ethyl adjacent to an activating group) is 1. The van der Waals surface area contributed by atoms with Gasteiger partial charge in [0, 0.05) is 6.54 Å². The lowest BCUT2D eigenvalue weighted by atomic mass is 10.2. The Morgan fingerprint density at radius 2 is 1.79 bits per heavy atom. The first-order valence-electron chi connectivity index (χ1n) is 8.50. The lowest BCUT2D eigenvalue weighted by Gasteiger charge is -2.25. The van der Waals surface area contributed by atoms with Crippen LogP contribution in [0.3, 0.4) is 0 Å². The van der Waals surface area contributed by atoms with E-state index >= 15 is 0 Å². The predicted octanol–water partition coefficient (Wildman–Crippen LogP) is 2.72. The summed E-state index contributed by atoms with van der Waals surface area (Å²) in [6.07, 6.45) is 0. The number of para-hydroxylation sites is 1. The molecule has 2 aromatic carbocycles. The Balaban J connectivity index is 2.05. The van der Waals surface area contributed by atoms with Crippen LogP contribution in [0.2, 0.25) is 0 Å². The Kier molecular flexibility index (Phi) is 5.85. The van der Waals surface area contributed by atoms with E-state index < -0.39 is 17.5 Å². The third-order valence-corrected chi connectivity index (χ3v) is 4.01. The molecule has 29 heavy (non-hydrogen) atoms. The van der Waals surface area contributed by atoms with Gasteiger partial charge in [-0.15, -0.1) is 0 Å². The number of aromatic nitrogens is 2. The second-order valence-corrected chi connectivity index (χ2v) is 6.47. The van der Waals surface area contributed by atoms with Gasteiger partial charge in [-0.1, -0.05) is 17.3 Å². The zero-order valence-corrected chi connectivity index (χ0v) is 15.7. The van der Waals surface area contributed by atoms with Gasteiger partial charge in [0.05, 0.1) is 16.9 Å². The maximum atomic E-state index is 14.2. The van der Waals surface area contributed by atoms with E-state index in [1.165, 1.54) is 18.2 Å². The molecule has 0 bridgehead atoms. The van der Waals surface area contributed by atoms with Gasteiger partial charge in [-0.25, -0.2) is 19.0 Å². The fourth-order valence-corrected chi connectivity index (χ4v) is 2.62. The number of rotatable bonds is 6. The van der Waals surface area contributed by atoms with E-state index in [4.69, 9.17) is 16.1 Å². The maximum absolute atomic E-state index is 14.2. The molecular weight excluding hydrogens is 385 g/mol. The molecule has 4 N–H and O–H groups in total. The van der Waals surface area contributed by atoms with E-state index in [1.807, 2.05) is 0 Å². The molecule has 0 saturated carbocycles. The Morgan fingerprint density at radius 1 is 1.07 bits per heavy atom. The minimum atomic E-state index is -0.721. The summed E-state index contributed by atoms with van der Waals surface area (Å²) in [6.45, 7) is 0.211. The van der Waals surface area contributed by atoms with Crippen molar-refractivity contribution in [1.29, 1.82) is 0 Å². The molecule has 0 radical (unpaired) electrons. The summed E-state index contributed by atoms with van der Waals surface area (Å²) in [4.78, 5) is 5.80. The number of anilines is 1. The van der Waals surface area contributed by atoms with Crippen molar-refractivity contribution in [2.45, 2.75) is 0 Å². The van der Waals surface area contributed by atoms with E-state index in [0.717, 1.165) is 23.2 Å². The Hall–Kier alpha value is -3.37. The third kappa shape index (κ3) is 4.39.